The Hall–Kier alpha value is -1.88. The average Bonchev–Trinajstić information content (AvgIpc) is 2.79. The van der Waals surface area contributed by atoms with Gasteiger partial charge in [0.05, 0.1) is 18.8 Å². The number of benzene rings is 1. The highest BCUT2D eigenvalue weighted by molar-refractivity contribution is 5.80. The first-order valence-electron chi connectivity index (χ1n) is 6.51. The highest BCUT2D eigenvalue weighted by Crippen LogP contribution is 2.40. The summed E-state index contributed by atoms with van der Waals surface area (Å²) in [7, 11) is 0. The van der Waals surface area contributed by atoms with Gasteiger partial charge in [0.2, 0.25) is 5.91 Å². The lowest BCUT2D eigenvalue weighted by Crippen LogP contribution is -2.52. The van der Waals surface area contributed by atoms with Gasteiger partial charge in [0.1, 0.15) is 0 Å². The Morgan fingerprint density at radius 2 is 2.21 bits per heavy atom. The second-order valence-electron chi connectivity index (χ2n) is 5.05. The first kappa shape index (κ1) is 12.2. The molecule has 0 aliphatic carbocycles. The lowest BCUT2D eigenvalue weighted by molar-refractivity contribution is -0.138. The number of fused-ring (bicyclic) bond motifs is 3. The van der Waals surface area contributed by atoms with E-state index < -0.39 is 5.97 Å². The molecule has 2 heterocycles. The number of hydrogen-bond donors (Lipinski definition) is 2. The van der Waals surface area contributed by atoms with Gasteiger partial charge in [0.15, 0.2) is 0 Å². The van der Waals surface area contributed by atoms with Crippen molar-refractivity contribution >= 4 is 11.9 Å². The van der Waals surface area contributed by atoms with Crippen LogP contribution in [0.15, 0.2) is 24.3 Å². The number of amides is 1. The van der Waals surface area contributed by atoms with Gasteiger partial charge < -0.3 is 10.0 Å². The molecule has 19 heavy (non-hydrogen) atoms. The van der Waals surface area contributed by atoms with Gasteiger partial charge in [0, 0.05) is 12.8 Å². The van der Waals surface area contributed by atoms with Crippen LogP contribution < -0.4 is 5.32 Å². The molecule has 5 heteroatoms. The number of carbonyl (C=O) groups is 2. The number of nitrogens with zero attached hydrogens (tertiary/aromatic N) is 1. The molecule has 2 aliphatic rings. The zero-order valence-corrected chi connectivity index (χ0v) is 10.5. The number of hydrogen-bond acceptors (Lipinski definition) is 3. The Morgan fingerprint density at radius 1 is 1.42 bits per heavy atom. The van der Waals surface area contributed by atoms with Crippen molar-refractivity contribution in [1.29, 1.82) is 0 Å². The van der Waals surface area contributed by atoms with E-state index in [2.05, 4.69) is 17.4 Å². The van der Waals surface area contributed by atoms with Crippen molar-refractivity contribution in [2.75, 3.05) is 6.54 Å². The summed E-state index contributed by atoms with van der Waals surface area (Å²) in [6.45, 7) is -0.122. The molecular weight excluding hydrogens is 244 g/mol. The second kappa shape index (κ2) is 4.66. The third kappa shape index (κ3) is 2.10. The van der Waals surface area contributed by atoms with E-state index >= 15 is 0 Å². The minimum Gasteiger partial charge on any atom is -0.480 e. The molecule has 100 valence electrons. The van der Waals surface area contributed by atoms with Crippen molar-refractivity contribution < 1.29 is 14.7 Å². The van der Waals surface area contributed by atoms with Gasteiger partial charge in [-0.05, 0) is 17.5 Å². The van der Waals surface area contributed by atoms with Crippen LogP contribution in [0.5, 0.6) is 0 Å². The monoisotopic (exact) mass is 260 g/mol. The molecule has 1 fully saturated rings. The van der Waals surface area contributed by atoms with Crippen LogP contribution in [0.3, 0.4) is 0 Å². The molecule has 0 saturated carbocycles. The van der Waals surface area contributed by atoms with E-state index in [0.717, 1.165) is 6.42 Å². The molecule has 2 N–H and O–H groups in total. The van der Waals surface area contributed by atoms with Crippen molar-refractivity contribution in [2.45, 2.75) is 31.5 Å². The molecular formula is C14H16N2O3. The topological polar surface area (TPSA) is 69.6 Å². The Bertz CT molecular complexity index is 529. The first-order chi connectivity index (χ1) is 9.16. The molecule has 1 amide bonds. The van der Waals surface area contributed by atoms with Crippen molar-refractivity contribution in [3.8, 4) is 0 Å². The summed E-state index contributed by atoms with van der Waals surface area (Å²) in [5.74, 6) is -0.788. The highest BCUT2D eigenvalue weighted by atomic mass is 16.4. The van der Waals surface area contributed by atoms with Crippen LogP contribution in [-0.4, -0.2) is 34.6 Å². The molecule has 3 rings (SSSR count). The summed E-state index contributed by atoms with van der Waals surface area (Å²) in [5.41, 5.74) is 2.42. The maximum Gasteiger partial charge on any atom is 0.317 e. The van der Waals surface area contributed by atoms with E-state index in [0.29, 0.717) is 12.8 Å². The van der Waals surface area contributed by atoms with E-state index in [9.17, 15) is 9.59 Å². The second-order valence-corrected chi connectivity index (χ2v) is 5.05. The maximum atomic E-state index is 12.0. The Labute approximate surface area is 111 Å². The maximum absolute atomic E-state index is 12.0. The summed E-state index contributed by atoms with van der Waals surface area (Å²) >= 11 is 0. The summed E-state index contributed by atoms with van der Waals surface area (Å²) in [4.78, 5) is 24.5. The number of nitrogens with one attached hydrogen (secondary N) is 1. The number of aliphatic carboxylic acids is 1. The van der Waals surface area contributed by atoms with Crippen LogP contribution in [0.2, 0.25) is 0 Å². The van der Waals surface area contributed by atoms with E-state index in [1.165, 1.54) is 11.1 Å². The molecule has 1 aromatic rings. The molecule has 2 atom stereocenters. The third-order valence-corrected chi connectivity index (χ3v) is 3.91. The SMILES string of the molecule is O=C(O)CN[C@@H]1Cc2ccccc2[C@H]2CCC(=O)N21. The molecule has 0 bridgehead atoms. The van der Waals surface area contributed by atoms with Crippen molar-refractivity contribution in [1.82, 2.24) is 10.2 Å². The van der Waals surface area contributed by atoms with Gasteiger partial charge >= 0.3 is 5.97 Å². The van der Waals surface area contributed by atoms with Crippen molar-refractivity contribution in [2.24, 2.45) is 0 Å². The Kier molecular flexibility index (Phi) is 2.98. The van der Waals surface area contributed by atoms with E-state index in [1.54, 1.807) is 0 Å². The van der Waals surface area contributed by atoms with Gasteiger partial charge in [-0.15, -0.1) is 0 Å². The molecule has 5 nitrogen and oxygen atoms in total. The average molecular weight is 260 g/mol. The quantitative estimate of drug-likeness (QED) is 0.847. The fourth-order valence-electron chi connectivity index (χ4n) is 3.13. The summed E-state index contributed by atoms with van der Waals surface area (Å²) < 4.78 is 0. The van der Waals surface area contributed by atoms with Crippen molar-refractivity contribution in [3.05, 3.63) is 35.4 Å². The van der Waals surface area contributed by atoms with Crippen LogP contribution in [0.4, 0.5) is 0 Å². The first-order valence-corrected chi connectivity index (χ1v) is 6.51. The van der Waals surface area contributed by atoms with Crippen LogP contribution in [0.25, 0.3) is 0 Å². The standard InChI is InChI=1S/C14H16N2O3/c17-13-6-5-11-10-4-2-1-3-9(10)7-12(16(11)13)15-8-14(18)19/h1-4,11-12,15H,5-8H2,(H,18,19)/t11-,12+/m1/s1. The van der Waals surface area contributed by atoms with Crippen LogP contribution in [0, 0.1) is 0 Å². The zero-order valence-electron chi connectivity index (χ0n) is 10.5. The largest absolute Gasteiger partial charge is 0.480 e. The van der Waals surface area contributed by atoms with Crippen molar-refractivity contribution in [3.63, 3.8) is 0 Å². The summed E-state index contributed by atoms with van der Waals surface area (Å²) in [6, 6.07) is 8.21. The van der Waals surface area contributed by atoms with Crippen LogP contribution in [0.1, 0.15) is 30.0 Å². The minimum atomic E-state index is -0.901. The van der Waals surface area contributed by atoms with Gasteiger partial charge in [-0.2, -0.15) is 0 Å². The molecule has 0 unspecified atom stereocenters. The number of carboxylic acid groups (broad SMARTS) is 1. The van der Waals surface area contributed by atoms with Gasteiger partial charge in [-0.3, -0.25) is 14.9 Å². The smallest absolute Gasteiger partial charge is 0.317 e. The highest BCUT2D eigenvalue weighted by Gasteiger charge is 2.41. The Morgan fingerprint density at radius 3 is 3.00 bits per heavy atom. The Balaban J connectivity index is 1.90. The molecule has 1 aromatic carbocycles. The lowest BCUT2D eigenvalue weighted by Gasteiger charge is -2.39. The molecule has 0 spiro atoms. The normalized spacial score (nSPS) is 25.1. The summed E-state index contributed by atoms with van der Waals surface area (Å²) in [6.07, 6.45) is 1.84. The molecule has 1 saturated heterocycles. The number of rotatable bonds is 3. The van der Waals surface area contributed by atoms with Gasteiger partial charge in [-0.25, -0.2) is 0 Å². The molecule has 0 aromatic heterocycles. The fraction of sp³-hybridized carbons (Fsp3) is 0.429. The van der Waals surface area contributed by atoms with E-state index in [4.69, 9.17) is 5.11 Å². The van der Waals surface area contributed by atoms with E-state index in [1.807, 2.05) is 17.0 Å². The zero-order chi connectivity index (χ0) is 13.4. The van der Waals surface area contributed by atoms with E-state index in [-0.39, 0.29) is 24.7 Å². The molecule has 0 radical (unpaired) electrons. The van der Waals surface area contributed by atoms with Crippen LogP contribution in [-0.2, 0) is 16.0 Å². The van der Waals surface area contributed by atoms with Gasteiger partial charge in [-0.1, -0.05) is 24.3 Å². The lowest BCUT2D eigenvalue weighted by atomic mass is 9.91. The summed E-state index contributed by atoms with van der Waals surface area (Å²) in [5, 5.41) is 11.7. The fourth-order valence-corrected chi connectivity index (χ4v) is 3.13. The number of carboxylic acids is 1. The molecule has 2 aliphatic heterocycles. The predicted octanol–water partition coefficient (Wildman–Crippen LogP) is 0.906. The van der Waals surface area contributed by atoms with Crippen LogP contribution >= 0.6 is 0 Å². The number of carbonyl (C=O) groups excluding carboxylic acids is 1. The van der Waals surface area contributed by atoms with Gasteiger partial charge in [0.25, 0.3) is 0 Å². The predicted molar refractivity (Wildman–Crippen MR) is 68.4 cm³/mol. The minimum absolute atomic E-state index is 0.101. The third-order valence-electron chi connectivity index (χ3n) is 3.91.